The Morgan fingerprint density at radius 2 is 1.93 bits per heavy atom. The van der Waals surface area contributed by atoms with Crippen LogP contribution in [-0.4, -0.2) is 65.5 Å². The Kier molecular flexibility index (Phi) is 9.48. The summed E-state index contributed by atoms with van der Waals surface area (Å²) in [6, 6.07) is 4.21. The first-order valence-corrected chi connectivity index (χ1v) is 15.1. The Morgan fingerprint density at radius 3 is 2.60 bits per heavy atom. The number of carbonyl (C=O) groups is 1. The van der Waals surface area contributed by atoms with Crippen LogP contribution in [0.5, 0.6) is 5.75 Å². The summed E-state index contributed by atoms with van der Waals surface area (Å²) in [5, 5.41) is 9.95. The number of nitrogens with one attached hydrogen (secondary N) is 2. The average molecular weight is 588 g/mol. The summed E-state index contributed by atoms with van der Waals surface area (Å²) in [6.07, 6.45) is 5.40. The molecule has 0 spiro atoms. The lowest BCUT2D eigenvalue weighted by Gasteiger charge is -2.31. The Labute approximate surface area is 243 Å². The first-order valence-electron chi connectivity index (χ1n) is 13.5. The zero-order chi connectivity index (χ0) is 29.1. The van der Waals surface area contributed by atoms with E-state index in [0.29, 0.717) is 17.6 Å². The predicted octanol–water partition coefficient (Wildman–Crippen LogP) is 5.55. The van der Waals surface area contributed by atoms with Gasteiger partial charge in [-0.3, -0.25) is 13.7 Å². The van der Waals surface area contributed by atoms with Gasteiger partial charge in [0.15, 0.2) is 11.5 Å². The molecule has 0 saturated carbocycles. The molecule has 2 N–H and O–H groups in total. The van der Waals surface area contributed by atoms with Gasteiger partial charge in [-0.25, -0.2) is 4.98 Å². The van der Waals surface area contributed by atoms with Crippen LogP contribution in [0.25, 0.3) is 0 Å². The fourth-order valence-electron chi connectivity index (χ4n) is 4.82. The highest BCUT2D eigenvalue weighted by Crippen LogP contribution is 2.37. The van der Waals surface area contributed by atoms with Crippen molar-refractivity contribution in [2.75, 3.05) is 30.8 Å². The van der Waals surface area contributed by atoms with Gasteiger partial charge in [0.05, 0.1) is 34.5 Å². The van der Waals surface area contributed by atoms with Crippen molar-refractivity contribution in [3.8, 4) is 5.75 Å². The zero-order valence-corrected chi connectivity index (χ0v) is 25.7. The van der Waals surface area contributed by atoms with Gasteiger partial charge < -0.3 is 20.3 Å². The number of likely N-dealkylation sites (N-methyl/N-ethyl adjacent to an activating group) is 1. The number of hydrogen-bond acceptors (Lipinski definition) is 9. The van der Waals surface area contributed by atoms with Crippen molar-refractivity contribution in [2.24, 2.45) is 7.05 Å². The molecule has 2 atom stereocenters. The van der Waals surface area contributed by atoms with Crippen molar-refractivity contribution in [3.63, 3.8) is 0 Å². The number of rotatable bonds is 9. The number of anilines is 4. The van der Waals surface area contributed by atoms with Gasteiger partial charge in [-0.15, -0.1) is 0 Å². The van der Waals surface area contributed by atoms with Crippen LogP contribution < -0.4 is 15.4 Å². The van der Waals surface area contributed by atoms with E-state index >= 15 is 0 Å². The van der Waals surface area contributed by atoms with Gasteiger partial charge in [0.25, 0.3) is 5.12 Å². The summed E-state index contributed by atoms with van der Waals surface area (Å²) in [4.78, 5) is 24.1. The molecule has 0 amide bonds. The summed E-state index contributed by atoms with van der Waals surface area (Å²) >= 11 is 6.43. The molecule has 1 saturated heterocycles. The molecule has 1 aliphatic rings. The molecule has 0 bridgehead atoms. The number of benzene rings is 1. The van der Waals surface area contributed by atoms with Crippen molar-refractivity contribution < 1.29 is 13.7 Å². The Balaban J connectivity index is 1.64. The van der Waals surface area contributed by atoms with Crippen molar-refractivity contribution in [1.29, 1.82) is 0 Å². The number of aromatic nitrogens is 4. The Bertz CT molecular complexity index is 1410. The molecule has 2 unspecified atom stereocenters. The third-order valence-corrected chi connectivity index (χ3v) is 8.36. The highest BCUT2D eigenvalue weighted by Gasteiger charge is 2.26. The number of piperidine rings is 1. The lowest BCUT2D eigenvalue weighted by molar-refractivity contribution is 0.107. The highest BCUT2D eigenvalue weighted by molar-refractivity contribution is 8.01. The molecule has 1 aliphatic heterocycles. The van der Waals surface area contributed by atoms with Gasteiger partial charge in [0.2, 0.25) is 5.95 Å². The van der Waals surface area contributed by atoms with Gasteiger partial charge in [0, 0.05) is 25.0 Å². The molecular weight excluding hydrogens is 550 g/mol. The van der Waals surface area contributed by atoms with Crippen molar-refractivity contribution in [2.45, 2.75) is 64.7 Å². The summed E-state index contributed by atoms with van der Waals surface area (Å²) in [5.74, 6) is 1.76. The van der Waals surface area contributed by atoms with Crippen LogP contribution in [0.4, 0.5) is 23.1 Å². The van der Waals surface area contributed by atoms with E-state index in [1.54, 1.807) is 27.1 Å². The van der Waals surface area contributed by atoms with Gasteiger partial charge in [-0.05, 0) is 76.4 Å². The number of halogens is 1. The summed E-state index contributed by atoms with van der Waals surface area (Å²) in [6.45, 7) is 11.7. The fraction of sp³-hybridized carbons (Fsp3) is 0.500. The van der Waals surface area contributed by atoms with Gasteiger partial charge in [-0.1, -0.05) is 25.4 Å². The Hall–Kier alpha value is -3.02. The summed E-state index contributed by atoms with van der Waals surface area (Å²) in [5.41, 5.74) is 3.62. The SMILES string of the molecule is Cc1cc(Nc2ncc(Cl)c(Nc3cn(C)nc3C(=O)S(=O)C(C)C)n2)c(OC(C)C)cc1C1CCCN(C)C1. The molecular formula is C28H38ClN7O3S. The minimum atomic E-state index is -1.72. The van der Waals surface area contributed by atoms with Crippen LogP contribution in [-0.2, 0) is 17.8 Å². The third kappa shape index (κ3) is 7.00. The van der Waals surface area contributed by atoms with Crippen LogP contribution in [0.2, 0.25) is 5.02 Å². The summed E-state index contributed by atoms with van der Waals surface area (Å²) < 4.78 is 20.2. The van der Waals surface area contributed by atoms with E-state index in [-0.39, 0.29) is 27.9 Å². The molecule has 1 aromatic carbocycles. The molecule has 4 rings (SSSR count). The smallest absolute Gasteiger partial charge is 0.271 e. The monoisotopic (exact) mass is 587 g/mol. The van der Waals surface area contributed by atoms with E-state index in [1.807, 2.05) is 13.8 Å². The molecule has 40 heavy (non-hydrogen) atoms. The largest absolute Gasteiger partial charge is 0.489 e. The lowest BCUT2D eigenvalue weighted by atomic mass is 9.87. The van der Waals surface area contributed by atoms with Crippen molar-refractivity contribution in [3.05, 3.63) is 46.4 Å². The van der Waals surface area contributed by atoms with Crippen LogP contribution in [0.3, 0.4) is 0 Å². The van der Waals surface area contributed by atoms with E-state index in [1.165, 1.54) is 28.4 Å². The van der Waals surface area contributed by atoms with Gasteiger partial charge >= 0.3 is 0 Å². The first kappa shape index (κ1) is 30.0. The van der Waals surface area contributed by atoms with Crippen molar-refractivity contribution >= 4 is 50.7 Å². The van der Waals surface area contributed by atoms with Crippen LogP contribution >= 0.6 is 11.6 Å². The molecule has 216 valence electrons. The standard InChI is InChI=1S/C28H38ClN7O3S/c1-16(2)39-24-12-20(19-9-8-10-35(6)14-19)18(5)11-22(24)32-28-30-13-21(29)26(33-28)31-23-15-36(7)34-25(23)27(37)40(38)17(3)4/h11-13,15-17,19H,8-10,14H2,1-7H3,(H2,30,31,32,33). The highest BCUT2D eigenvalue weighted by atomic mass is 35.5. The second-order valence-corrected chi connectivity index (χ2v) is 13.1. The number of carbonyl (C=O) groups excluding carboxylic acids is 1. The maximum absolute atomic E-state index is 12.8. The maximum atomic E-state index is 12.8. The molecule has 0 aliphatic carbocycles. The molecule has 3 aromatic rings. The number of nitrogens with zero attached hydrogens (tertiary/aromatic N) is 5. The third-order valence-electron chi connectivity index (χ3n) is 6.67. The topological polar surface area (TPSA) is 114 Å². The number of likely N-dealkylation sites (tertiary alicyclic amines) is 1. The Morgan fingerprint density at radius 1 is 1.18 bits per heavy atom. The first-order chi connectivity index (χ1) is 18.9. The van der Waals surface area contributed by atoms with E-state index in [9.17, 15) is 9.00 Å². The maximum Gasteiger partial charge on any atom is 0.271 e. The van der Waals surface area contributed by atoms with E-state index < -0.39 is 15.9 Å². The van der Waals surface area contributed by atoms with Crippen LogP contribution in [0, 0.1) is 6.92 Å². The van der Waals surface area contributed by atoms with E-state index in [4.69, 9.17) is 16.3 Å². The van der Waals surface area contributed by atoms with Crippen molar-refractivity contribution in [1.82, 2.24) is 24.6 Å². The second kappa shape index (κ2) is 12.7. The molecule has 1 fully saturated rings. The van der Waals surface area contributed by atoms with Gasteiger partial charge in [0.1, 0.15) is 10.8 Å². The normalized spacial score (nSPS) is 16.8. The average Bonchev–Trinajstić information content (AvgIpc) is 3.26. The molecule has 12 heteroatoms. The van der Waals surface area contributed by atoms with Crippen LogP contribution in [0.1, 0.15) is 68.1 Å². The molecule has 0 radical (unpaired) electrons. The van der Waals surface area contributed by atoms with E-state index in [2.05, 4.69) is 56.7 Å². The predicted molar refractivity (Wildman–Crippen MR) is 161 cm³/mol. The number of hydrogen-bond donors (Lipinski definition) is 2. The molecule has 10 nitrogen and oxygen atoms in total. The van der Waals surface area contributed by atoms with Crippen LogP contribution in [0.15, 0.2) is 24.5 Å². The second-order valence-electron chi connectivity index (χ2n) is 10.8. The number of ether oxygens (including phenoxy) is 1. The minimum Gasteiger partial charge on any atom is -0.489 e. The number of aryl methyl sites for hydroxylation is 2. The molecule has 3 heterocycles. The van der Waals surface area contributed by atoms with E-state index in [0.717, 1.165) is 30.9 Å². The quantitative estimate of drug-likeness (QED) is 0.332. The van der Waals surface area contributed by atoms with Gasteiger partial charge in [-0.2, -0.15) is 10.1 Å². The minimum absolute atomic E-state index is 0.0218. The zero-order valence-electron chi connectivity index (χ0n) is 24.1. The fourth-order valence-corrected chi connectivity index (χ4v) is 5.72. The molecule has 2 aromatic heterocycles. The lowest BCUT2D eigenvalue weighted by Crippen LogP contribution is -2.31. The summed E-state index contributed by atoms with van der Waals surface area (Å²) in [7, 11) is 2.13.